The van der Waals surface area contributed by atoms with E-state index in [1.807, 2.05) is 18.2 Å². The van der Waals surface area contributed by atoms with E-state index in [9.17, 15) is 4.79 Å². The van der Waals surface area contributed by atoms with Gasteiger partial charge in [0.15, 0.2) is 0 Å². The zero-order chi connectivity index (χ0) is 21.0. The number of fused-ring (bicyclic) bond motifs is 1. The molecular weight excluding hydrogens is 386 g/mol. The smallest absolute Gasteiger partial charge is 0.223 e. The average molecular weight is 418 g/mol. The summed E-state index contributed by atoms with van der Waals surface area (Å²) < 4.78 is 0. The van der Waals surface area contributed by atoms with Gasteiger partial charge in [0.1, 0.15) is 0 Å². The maximum atomic E-state index is 12.9. The van der Waals surface area contributed by atoms with E-state index in [-0.39, 0.29) is 11.8 Å². The van der Waals surface area contributed by atoms with Crippen molar-refractivity contribution in [3.05, 3.63) is 60.2 Å². The highest BCUT2D eigenvalue weighted by Gasteiger charge is 2.29. The van der Waals surface area contributed by atoms with E-state index in [4.69, 9.17) is 4.98 Å². The zero-order valence-corrected chi connectivity index (χ0v) is 18.0. The predicted octanol–water partition coefficient (Wildman–Crippen LogP) is 3.56. The summed E-state index contributed by atoms with van der Waals surface area (Å²) in [4.78, 5) is 25.7. The van der Waals surface area contributed by atoms with Crippen LogP contribution in [0.15, 0.2) is 54.6 Å². The number of nitrogens with zero attached hydrogens (tertiary/aromatic N) is 3. The molecule has 5 rings (SSSR count). The second-order valence-corrected chi connectivity index (χ2v) is 8.88. The zero-order valence-electron chi connectivity index (χ0n) is 18.0. The molecule has 31 heavy (non-hydrogen) atoms. The minimum atomic E-state index is 0.114. The monoisotopic (exact) mass is 417 g/mol. The van der Waals surface area contributed by atoms with Crippen LogP contribution < -0.4 is 10.2 Å². The van der Waals surface area contributed by atoms with Crippen molar-refractivity contribution in [2.24, 2.45) is 5.92 Å². The number of amides is 1. The molecule has 0 radical (unpaired) electrons. The first-order valence-electron chi connectivity index (χ1n) is 11.5. The number of likely N-dealkylation sites (tertiary alicyclic amines) is 1. The molecule has 0 aliphatic carbocycles. The molecule has 0 saturated carbocycles. The fraction of sp³-hybridized carbons (Fsp3) is 0.440. The van der Waals surface area contributed by atoms with E-state index in [1.165, 1.54) is 5.56 Å². The highest BCUT2D eigenvalue weighted by Crippen LogP contribution is 2.24. The summed E-state index contributed by atoms with van der Waals surface area (Å²) in [7, 11) is 0. The van der Waals surface area contributed by atoms with Crippen molar-refractivity contribution in [1.82, 2.24) is 20.2 Å². The quantitative estimate of drug-likeness (QED) is 0.666. The van der Waals surface area contributed by atoms with Crippen LogP contribution in [0.25, 0.3) is 11.0 Å². The highest BCUT2D eigenvalue weighted by molar-refractivity contribution is 5.80. The Kier molecular flexibility index (Phi) is 5.89. The number of hydrogen-bond acceptors (Lipinski definition) is 4. The number of piperidine rings is 2. The molecule has 2 saturated heterocycles. The SMILES string of the molecule is O=C(NC1CCN(Cc2ccccc2)CC1)C1CCN(c2nc3ccccc3[nH]2)CC1. The number of carbonyl (C=O) groups is 1. The molecule has 2 N–H and O–H groups in total. The van der Waals surface area contributed by atoms with Crippen LogP contribution in [-0.2, 0) is 11.3 Å². The number of para-hydroxylation sites is 2. The van der Waals surface area contributed by atoms with Gasteiger partial charge in [0.25, 0.3) is 0 Å². The maximum Gasteiger partial charge on any atom is 0.223 e. The minimum absolute atomic E-state index is 0.114. The van der Waals surface area contributed by atoms with Crippen molar-refractivity contribution >= 4 is 22.9 Å². The molecule has 162 valence electrons. The highest BCUT2D eigenvalue weighted by atomic mass is 16.2. The normalized spacial score (nSPS) is 19.0. The van der Waals surface area contributed by atoms with E-state index in [2.05, 4.69) is 56.5 Å². The van der Waals surface area contributed by atoms with Crippen molar-refractivity contribution in [2.45, 2.75) is 38.3 Å². The third-order valence-corrected chi connectivity index (χ3v) is 6.73. The van der Waals surface area contributed by atoms with E-state index < -0.39 is 0 Å². The number of H-pyrrole nitrogens is 1. The Morgan fingerprint density at radius 2 is 1.65 bits per heavy atom. The van der Waals surface area contributed by atoms with Crippen molar-refractivity contribution < 1.29 is 4.79 Å². The topological polar surface area (TPSA) is 64.3 Å². The van der Waals surface area contributed by atoms with Crippen molar-refractivity contribution in [2.75, 3.05) is 31.1 Å². The first kappa shape index (κ1) is 20.1. The number of anilines is 1. The van der Waals surface area contributed by atoms with Gasteiger partial charge in [0.2, 0.25) is 11.9 Å². The second kappa shape index (κ2) is 9.10. The summed E-state index contributed by atoms with van der Waals surface area (Å²) in [6, 6.07) is 19.1. The van der Waals surface area contributed by atoms with Gasteiger partial charge in [-0.25, -0.2) is 4.98 Å². The van der Waals surface area contributed by atoms with Gasteiger partial charge in [-0.3, -0.25) is 9.69 Å². The molecule has 2 fully saturated rings. The van der Waals surface area contributed by atoms with E-state index >= 15 is 0 Å². The molecule has 0 bridgehead atoms. The van der Waals surface area contributed by atoms with Crippen LogP contribution in [0.1, 0.15) is 31.2 Å². The summed E-state index contributed by atoms with van der Waals surface area (Å²) in [5, 5.41) is 3.34. The summed E-state index contributed by atoms with van der Waals surface area (Å²) in [6.45, 7) is 4.83. The Bertz CT molecular complexity index is 968. The fourth-order valence-electron chi connectivity index (χ4n) is 4.84. The van der Waals surface area contributed by atoms with Crippen LogP contribution in [0.3, 0.4) is 0 Å². The molecule has 0 spiro atoms. The Morgan fingerprint density at radius 3 is 2.39 bits per heavy atom. The average Bonchev–Trinajstić information content (AvgIpc) is 3.25. The Morgan fingerprint density at radius 1 is 0.935 bits per heavy atom. The first-order chi connectivity index (χ1) is 15.2. The molecule has 3 heterocycles. The van der Waals surface area contributed by atoms with Crippen molar-refractivity contribution in [1.29, 1.82) is 0 Å². The van der Waals surface area contributed by atoms with Gasteiger partial charge in [0.05, 0.1) is 11.0 Å². The van der Waals surface area contributed by atoms with Gasteiger partial charge in [-0.15, -0.1) is 0 Å². The Labute approximate surface area is 183 Å². The maximum absolute atomic E-state index is 12.9. The lowest BCUT2D eigenvalue weighted by Gasteiger charge is -2.35. The number of benzene rings is 2. The van der Waals surface area contributed by atoms with Crippen LogP contribution in [-0.4, -0.2) is 53.0 Å². The van der Waals surface area contributed by atoms with Crippen molar-refractivity contribution in [3.63, 3.8) is 0 Å². The fourth-order valence-corrected chi connectivity index (χ4v) is 4.84. The van der Waals surface area contributed by atoms with Crippen molar-refractivity contribution in [3.8, 4) is 0 Å². The summed E-state index contributed by atoms with van der Waals surface area (Å²) >= 11 is 0. The molecule has 6 heteroatoms. The van der Waals surface area contributed by atoms with E-state index in [0.29, 0.717) is 6.04 Å². The molecule has 0 atom stereocenters. The van der Waals surface area contributed by atoms with Crippen LogP contribution in [0.4, 0.5) is 5.95 Å². The molecule has 3 aromatic rings. The molecule has 6 nitrogen and oxygen atoms in total. The predicted molar refractivity (Wildman–Crippen MR) is 124 cm³/mol. The molecular formula is C25H31N5O. The lowest BCUT2D eigenvalue weighted by Crippen LogP contribution is -2.48. The Balaban J connectivity index is 1.07. The molecule has 2 aliphatic rings. The third-order valence-electron chi connectivity index (χ3n) is 6.73. The molecule has 2 aliphatic heterocycles. The van der Waals surface area contributed by atoms with E-state index in [1.54, 1.807) is 0 Å². The van der Waals surface area contributed by atoms with Gasteiger partial charge < -0.3 is 15.2 Å². The number of nitrogens with one attached hydrogen (secondary N) is 2. The summed E-state index contributed by atoms with van der Waals surface area (Å²) in [5.41, 5.74) is 3.42. The van der Waals surface area contributed by atoms with Crippen LogP contribution in [0, 0.1) is 5.92 Å². The molecule has 1 aromatic heterocycles. The number of hydrogen-bond donors (Lipinski definition) is 2. The molecule has 1 amide bonds. The van der Waals surface area contributed by atoms with Gasteiger partial charge in [-0.1, -0.05) is 42.5 Å². The molecule has 0 unspecified atom stereocenters. The van der Waals surface area contributed by atoms with Gasteiger partial charge in [-0.05, 0) is 43.4 Å². The van der Waals surface area contributed by atoms with E-state index in [0.717, 1.165) is 75.4 Å². The molecule has 2 aromatic carbocycles. The van der Waals surface area contributed by atoms with Gasteiger partial charge in [-0.2, -0.15) is 0 Å². The lowest BCUT2D eigenvalue weighted by atomic mass is 9.95. The van der Waals surface area contributed by atoms with Crippen LogP contribution >= 0.6 is 0 Å². The largest absolute Gasteiger partial charge is 0.353 e. The Hall–Kier alpha value is -2.86. The number of aromatic amines is 1. The first-order valence-corrected chi connectivity index (χ1v) is 11.5. The third kappa shape index (κ3) is 4.74. The van der Waals surface area contributed by atoms with Gasteiger partial charge >= 0.3 is 0 Å². The number of carbonyl (C=O) groups excluding carboxylic acids is 1. The standard InChI is InChI=1S/C25H31N5O/c31-24(26-21-12-14-29(15-13-21)18-19-6-2-1-3-7-19)20-10-16-30(17-11-20)25-27-22-8-4-5-9-23(22)28-25/h1-9,20-21H,10-18H2,(H,26,31)(H,27,28). The van der Waals surface area contributed by atoms with Gasteiger partial charge in [0, 0.05) is 44.7 Å². The number of rotatable bonds is 5. The van der Waals surface area contributed by atoms with Crippen LogP contribution in [0.2, 0.25) is 0 Å². The minimum Gasteiger partial charge on any atom is -0.353 e. The number of aromatic nitrogens is 2. The lowest BCUT2D eigenvalue weighted by molar-refractivity contribution is -0.126. The van der Waals surface area contributed by atoms with Crippen LogP contribution in [0.5, 0.6) is 0 Å². The number of imidazole rings is 1. The summed E-state index contributed by atoms with van der Waals surface area (Å²) in [5.74, 6) is 1.28. The second-order valence-electron chi connectivity index (χ2n) is 8.88. The summed E-state index contributed by atoms with van der Waals surface area (Å²) in [6.07, 6.45) is 3.85.